The molecule has 0 bridgehead atoms. The van der Waals surface area contributed by atoms with Gasteiger partial charge in [-0.25, -0.2) is 4.63 Å². The maximum atomic E-state index is 4.67. The Morgan fingerprint density at radius 2 is 1.27 bits per heavy atom. The Bertz CT molecular complexity index is 205. The third-order valence-corrected chi connectivity index (χ3v) is 1.63. The molecule has 1 heterocycles. The molecule has 1 aromatic heterocycles. The van der Waals surface area contributed by atoms with E-state index in [4.69, 9.17) is 0 Å². The minimum absolute atomic E-state index is 0.402. The molecule has 1 rings (SSSR count). The van der Waals surface area contributed by atoms with Gasteiger partial charge in [0.15, 0.2) is 0 Å². The number of aromatic nitrogens is 2. The Morgan fingerprint density at radius 1 is 0.909 bits per heavy atom. The monoisotopic (exact) mass is 154 g/mol. The topological polar surface area (TPSA) is 38.9 Å². The summed E-state index contributed by atoms with van der Waals surface area (Å²) in [5, 5.41) is 7.70. The Hall–Kier alpha value is -0.860. The van der Waals surface area contributed by atoms with Crippen LogP contribution < -0.4 is 0 Å². The van der Waals surface area contributed by atoms with E-state index in [1.807, 2.05) is 0 Å². The largest absolute Gasteiger partial charge is 0.244 e. The van der Waals surface area contributed by atoms with Gasteiger partial charge in [-0.1, -0.05) is 38.0 Å². The van der Waals surface area contributed by atoms with E-state index >= 15 is 0 Å². The third-order valence-electron chi connectivity index (χ3n) is 1.63. The molecule has 0 amide bonds. The molecule has 1 aromatic rings. The molecule has 0 N–H and O–H groups in total. The van der Waals surface area contributed by atoms with Crippen LogP contribution in [0.3, 0.4) is 0 Å². The van der Waals surface area contributed by atoms with Crippen LogP contribution in [0.15, 0.2) is 4.63 Å². The highest BCUT2D eigenvalue weighted by Gasteiger charge is 2.15. The second-order valence-electron chi connectivity index (χ2n) is 3.34. The maximum absolute atomic E-state index is 4.67. The fraction of sp³-hybridized carbons (Fsp3) is 0.750. The molecule has 3 nitrogen and oxygen atoms in total. The summed E-state index contributed by atoms with van der Waals surface area (Å²) in [7, 11) is 0. The smallest absolute Gasteiger partial charge is 0.111 e. The Morgan fingerprint density at radius 3 is 1.55 bits per heavy atom. The molecule has 0 unspecified atom stereocenters. The third kappa shape index (κ3) is 1.59. The second-order valence-corrected chi connectivity index (χ2v) is 3.34. The Balaban J connectivity index is 2.96. The molecule has 0 saturated carbocycles. The summed E-state index contributed by atoms with van der Waals surface area (Å²) in [4.78, 5) is 0. The first kappa shape index (κ1) is 8.24. The van der Waals surface area contributed by atoms with Crippen molar-refractivity contribution in [2.75, 3.05) is 0 Å². The van der Waals surface area contributed by atoms with E-state index in [2.05, 4.69) is 42.6 Å². The zero-order chi connectivity index (χ0) is 8.43. The van der Waals surface area contributed by atoms with Crippen LogP contribution in [0.1, 0.15) is 50.9 Å². The van der Waals surface area contributed by atoms with Crippen LogP contribution in [-0.2, 0) is 0 Å². The second kappa shape index (κ2) is 3.03. The quantitative estimate of drug-likeness (QED) is 0.656. The summed E-state index contributed by atoms with van der Waals surface area (Å²) in [5.41, 5.74) is 1.97. The molecule has 0 aliphatic rings. The van der Waals surface area contributed by atoms with Gasteiger partial charge in [0.1, 0.15) is 11.4 Å². The van der Waals surface area contributed by atoms with Gasteiger partial charge in [-0.2, -0.15) is 0 Å². The van der Waals surface area contributed by atoms with Crippen LogP contribution in [0, 0.1) is 0 Å². The van der Waals surface area contributed by atoms with Crippen molar-refractivity contribution in [1.29, 1.82) is 0 Å². The lowest BCUT2D eigenvalue weighted by Crippen LogP contribution is -1.96. The van der Waals surface area contributed by atoms with Gasteiger partial charge in [-0.15, -0.1) is 0 Å². The standard InChI is InChI=1S/C8H14N2O/c1-5(2)7-8(6(3)4)10-11-9-7/h5-6H,1-4H3. The normalized spacial score (nSPS) is 11.5. The summed E-state index contributed by atoms with van der Waals surface area (Å²) in [6, 6.07) is 0. The molecule has 0 fully saturated rings. The molecular weight excluding hydrogens is 140 g/mol. The lowest BCUT2D eigenvalue weighted by atomic mass is 10.0. The lowest BCUT2D eigenvalue weighted by molar-refractivity contribution is 0.298. The molecule has 0 aliphatic carbocycles. The highest BCUT2D eigenvalue weighted by atomic mass is 16.6. The first-order valence-corrected chi connectivity index (χ1v) is 3.95. The highest BCUT2D eigenvalue weighted by Crippen LogP contribution is 2.21. The molecule has 0 spiro atoms. The minimum Gasteiger partial charge on any atom is -0.244 e. The van der Waals surface area contributed by atoms with Gasteiger partial charge < -0.3 is 0 Å². The molecule has 0 aromatic carbocycles. The molecular formula is C8H14N2O. The van der Waals surface area contributed by atoms with E-state index in [9.17, 15) is 0 Å². The predicted molar refractivity (Wildman–Crippen MR) is 42.5 cm³/mol. The van der Waals surface area contributed by atoms with Gasteiger partial charge in [0.25, 0.3) is 0 Å². The van der Waals surface area contributed by atoms with Crippen LogP contribution in [0.25, 0.3) is 0 Å². The highest BCUT2D eigenvalue weighted by molar-refractivity contribution is 5.14. The van der Waals surface area contributed by atoms with E-state index in [0.717, 1.165) is 11.4 Å². The first-order chi connectivity index (χ1) is 5.13. The van der Waals surface area contributed by atoms with Crippen molar-refractivity contribution < 1.29 is 4.63 Å². The van der Waals surface area contributed by atoms with E-state index in [0.29, 0.717) is 11.8 Å². The first-order valence-electron chi connectivity index (χ1n) is 3.95. The zero-order valence-electron chi connectivity index (χ0n) is 7.46. The SMILES string of the molecule is CC(C)c1nonc1C(C)C. The number of hydrogen-bond acceptors (Lipinski definition) is 3. The van der Waals surface area contributed by atoms with Crippen LogP contribution in [0.5, 0.6) is 0 Å². The Labute approximate surface area is 66.8 Å². The van der Waals surface area contributed by atoms with Gasteiger partial charge in [-0.3, -0.25) is 0 Å². The summed E-state index contributed by atoms with van der Waals surface area (Å²) >= 11 is 0. The van der Waals surface area contributed by atoms with Crippen molar-refractivity contribution in [3.63, 3.8) is 0 Å². The van der Waals surface area contributed by atoms with Crippen LogP contribution in [-0.4, -0.2) is 10.3 Å². The molecule has 11 heavy (non-hydrogen) atoms. The van der Waals surface area contributed by atoms with Gasteiger partial charge in [-0.05, 0) is 0 Å². The van der Waals surface area contributed by atoms with Gasteiger partial charge in [0.2, 0.25) is 0 Å². The molecule has 0 saturated heterocycles. The lowest BCUT2D eigenvalue weighted by Gasteiger charge is -2.03. The summed E-state index contributed by atoms with van der Waals surface area (Å²) in [6.07, 6.45) is 0. The molecule has 0 atom stereocenters. The van der Waals surface area contributed by atoms with Crippen molar-refractivity contribution in [3.05, 3.63) is 11.4 Å². The van der Waals surface area contributed by atoms with Crippen LogP contribution >= 0.6 is 0 Å². The average Bonchev–Trinajstić information content (AvgIpc) is 2.32. The summed E-state index contributed by atoms with van der Waals surface area (Å²) in [5.74, 6) is 0.803. The zero-order valence-corrected chi connectivity index (χ0v) is 7.46. The fourth-order valence-corrected chi connectivity index (χ4v) is 1.00. The molecule has 0 aliphatic heterocycles. The van der Waals surface area contributed by atoms with Crippen LogP contribution in [0.4, 0.5) is 0 Å². The van der Waals surface area contributed by atoms with Crippen LogP contribution in [0.2, 0.25) is 0 Å². The van der Waals surface area contributed by atoms with Crippen molar-refractivity contribution in [2.24, 2.45) is 0 Å². The van der Waals surface area contributed by atoms with Crippen molar-refractivity contribution in [3.8, 4) is 0 Å². The van der Waals surface area contributed by atoms with Gasteiger partial charge in [0.05, 0.1) is 0 Å². The van der Waals surface area contributed by atoms with E-state index in [1.54, 1.807) is 0 Å². The van der Waals surface area contributed by atoms with Crippen molar-refractivity contribution in [1.82, 2.24) is 10.3 Å². The van der Waals surface area contributed by atoms with E-state index < -0.39 is 0 Å². The Kier molecular flexibility index (Phi) is 2.27. The van der Waals surface area contributed by atoms with Gasteiger partial charge in [0, 0.05) is 11.8 Å². The number of hydrogen-bond donors (Lipinski definition) is 0. The molecule has 0 radical (unpaired) electrons. The number of rotatable bonds is 2. The minimum atomic E-state index is 0.402. The van der Waals surface area contributed by atoms with E-state index in [-0.39, 0.29) is 0 Å². The summed E-state index contributed by atoms with van der Waals surface area (Å²) < 4.78 is 4.67. The van der Waals surface area contributed by atoms with E-state index in [1.165, 1.54) is 0 Å². The van der Waals surface area contributed by atoms with Gasteiger partial charge >= 0.3 is 0 Å². The average molecular weight is 154 g/mol. The summed E-state index contributed by atoms with van der Waals surface area (Å²) in [6.45, 7) is 8.35. The van der Waals surface area contributed by atoms with Crippen molar-refractivity contribution >= 4 is 0 Å². The maximum Gasteiger partial charge on any atom is 0.111 e. The van der Waals surface area contributed by atoms with Crippen molar-refractivity contribution in [2.45, 2.75) is 39.5 Å². The predicted octanol–water partition coefficient (Wildman–Crippen LogP) is 2.32. The molecule has 3 heteroatoms. The number of nitrogens with zero attached hydrogens (tertiary/aromatic N) is 2. The molecule has 62 valence electrons. The fourth-order valence-electron chi connectivity index (χ4n) is 1.00.